The zero-order valence-electron chi connectivity index (χ0n) is 27.2. The number of nitrogens with one attached hydrogen (secondary N) is 5. The van der Waals surface area contributed by atoms with Crippen LogP contribution in [0.1, 0.15) is 45.6 Å². The molecule has 6 atom stereocenters. The van der Waals surface area contributed by atoms with Gasteiger partial charge in [0.15, 0.2) is 0 Å². The van der Waals surface area contributed by atoms with Crippen molar-refractivity contribution in [1.29, 1.82) is 0 Å². The average molecular weight is 717 g/mol. The Hall–Kier alpha value is -4.26. The molecule has 20 heteroatoms. The van der Waals surface area contributed by atoms with Gasteiger partial charge in [-0.25, -0.2) is 4.57 Å². The van der Waals surface area contributed by atoms with E-state index in [1.54, 1.807) is 44.2 Å². The summed E-state index contributed by atoms with van der Waals surface area (Å²) >= 11 is 0. The van der Waals surface area contributed by atoms with Crippen LogP contribution in [-0.2, 0) is 49.1 Å². The standard InChI is InChI=1S/C29H45N6O13P/c1-16(2)11-20(32-28(43)22(14-37)34-25(40)17(3)30)27(42)35-23(15-48-49(45,46)47)29(44)33-21(12-18-7-5-4-6-8-18)26(41)31-19(13-36)9-10-24(38)39/h4-8,13,16-17,19-23,37H,9-12,14-15,30H2,1-3H3,(H,31,41)(H,32,43)(H,33,44)(H,34,40)(H,35,42)(H,38,39)(H2,45,46,47)/t17-,19-,20-,21-,22-,23-/m0/s1. The molecule has 1 aromatic rings. The van der Waals surface area contributed by atoms with Crippen LogP contribution in [0.2, 0.25) is 0 Å². The molecule has 274 valence electrons. The molecule has 0 aliphatic rings. The summed E-state index contributed by atoms with van der Waals surface area (Å²) in [6.07, 6.45) is -0.567. The van der Waals surface area contributed by atoms with Gasteiger partial charge < -0.3 is 57.1 Å². The summed E-state index contributed by atoms with van der Waals surface area (Å²) in [5.41, 5.74) is 6.03. The fraction of sp³-hybridized carbons (Fsp3) is 0.552. The lowest BCUT2D eigenvalue weighted by atomic mass is 10.0. The lowest BCUT2D eigenvalue weighted by Crippen LogP contribution is -2.60. The number of aliphatic hydroxyl groups is 1. The Balaban J connectivity index is 3.33. The van der Waals surface area contributed by atoms with Crippen molar-refractivity contribution in [2.45, 2.75) is 82.7 Å². The minimum absolute atomic E-state index is 0.0346. The van der Waals surface area contributed by atoms with Crippen LogP contribution in [0.4, 0.5) is 0 Å². The first-order chi connectivity index (χ1) is 22.9. The van der Waals surface area contributed by atoms with Crippen LogP contribution in [0.5, 0.6) is 0 Å². The summed E-state index contributed by atoms with van der Waals surface area (Å²) in [5.74, 6) is -6.28. The van der Waals surface area contributed by atoms with E-state index in [0.717, 1.165) is 0 Å². The molecule has 5 amide bonds. The number of amides is 5. The third kappa shape index (κ3) is 17.1. The summed E-state index contributed by atoms with van der Waals surface area (Å²) in [5, 5.41) is 30.2. The maximum Gasteiger partial charge on any atom is 0.469 e. The number of aliphatic hydroxyl groups excluding tert-OH is 1. The molecular weight excluding hydrogens is 671 g/mol. The van der Waals surface area contributed by atoms with Crippen molar-refractivity contribution in [3.05, 3.63) is 35.9 Å². The minimum atomic E-state index is -5.20. The summed E-state index contributed by atoms with van der Waals surface area (Å²) in [6, 6.07) is -0.212. The Labute approximate surface area is 282 Å². The molecule has 0 fully saturated rings. The number of aldehydes is 1. The number of rotatable bonds is 22. The van der Waals surface area contributed by atoms with Crippen LogP contribution in [0.25, 0.3) is 0 Å². The molecule has 0 aromatic heterocycles. The van der Waals surface area contributed by atoms with Crippen LogP contribution in [-0.4, -0.2) is 111 Å². The van der Waals surface area contributed by atoms with Crippen molar-refractivity contribution >= 4 is 49.6 Å². The van der Waals surface area contributed by atoms with E-state index >= 15 is 0 Å². The molecule has 0 saturated heterocycles. The van der Waals surface area contributed by atoms with Crippen LogP contribution in [0, 0.1) is 5.92 Å². The van der Waals surface area contributed by atoms with E-state index < -0.39 is 99.2 Å². The fourth-order valence-electron chi connectivity index (χ4n) is 4.17. The number of nitrogens with two attached hydrogens (primary N) is 1. The van der Waals surface area contributed by atoms with Gasteiger partial charge in [0, 0.05) is 12.8 Å². The molecule has 49 heavy (non-hydrogen) atoms. The fourth-order valence-corrected chi connectivity index (χ4v) is 4.51. The van der Waals surface area contributed by atoms with E-state index in [4.69, 9.17) is 10.8 Å². The molecule has 1 rings (SSSR count). The predicted octanol–water partition coefficient (Wildman–Crippen LogP) is -2.79. The van der Waals surface area contributed by atoms with Gasteiger partial charge in [-0.1, -0.05) is 44.2 Å². The predicted molar refractivity (Wildman–Crippen MR) is 171 cm³/mol. The molecule has 0 saturated carbocycles. The van der Waals surface area contributed by atoms with Crippen molar-refractivity contribution < 1.29 is 62.7 Å². The summed E-state index contributed by atoms with van der Waals surface area (Å²) in [4.78, 5) is 106. The topological polar surface area (TPSA) is 313 Å². The van der Waals surface area contributed by atoms with E-state index in [-0.39, 0.29) is 25.2 Å². The Morgan fingerprint density at radius 3 is 1.84 bits per heavy atom. The largest absolute Gasteiger partial charge is 0.481 e. The van der Waals surface area contributed by atoms with Gasteiger partial charge in [-0.3, -0.25) is 33.3 Å². The highest BCUT2D eigenvalue weighted by atomic mass is 31.2. The number of carbonyl (C=O) groups is 7. The second-order valence-electron chi connectivity index (χ2n) is 11.5. The van der Waals surface area contributed by atoms with Gasteiger partial charge in [0.1, 0.15) is 30.5 Å². The van der Waals surface area contributed by atoms with E-state index in [2.05, 4.69) is 31.1 Å². The first-order valence-electron chi connectivity index (χ1n) is 15.2. The third-order valence-corrected chi connectivity index (χ3v) is 7.17. The van der Waals surface area contributed by atoms with Crippen LogP contribution in [0.3, 0.4) is 0 Å². The Bertz CT molecular complexity index is 1340. The molecule has 1 aromatic carbocycles. The van der Waals surface area contributed by atoms with E-state index in [0.29, 0.717) is 11.8 Å². The van der Waals surface area contributed by atoms with Gasteiger partial charge in [0.05, 0.1) is 25.3 Å². The highest BCUT2D eigenvalue weighted by Crippen LogP contribution is 2.35. The zero-order chi connectivity index (χ0) is 37.3. The Kier molecular flexibility index (Phi) is 18.3. The summed E-state index contributed by atoms with van der Waals surface area (Å²) < 4.78 is 16.0. The maximum absolute atomic E-state index is 13.5. The van der Waals surface area contributed by atoms with Gasteiger partial charge in [-0.15, -0.1) is 0 Å². The molecule has 0 aliphatic heterocycles. The second kappa shape index (κ2) is 21.0. The number of carboxylic acid groups (broad SMARTS) is 1. The smallest absolute Gasteiger partial charge is 0.469 e. The SMILES string of the molecule is CC(C)C[C@H](NC(=O)[C@H](CO)NC(=O)[C@H](C)N)C(=O)N[C@@H](COP(=O)(O)O)C(=O)N[C@@H](Cc1ccccc1)C(=O)N[C@H](C=O)CCC(=O)O. The van der Waals surface area contributed by atoms with Gasteiger partial charge >= 0.3 is 13.8 Å². The second-order valence-corrected chi connectivity index (χ2v) is 12.7. The van der Waals surface area contributed by atoms with E-state index in [1.165, 1.54) is 6.92 Å². The monoisotopic (exact) mass is 716 g/mol. The number of aliphatic carboxylic acids is 1. The van der Waals surface area contributed by atoms with Gasteiger partial charge in [-0.2, -0.15) is 0 Å². The van der Waals surface area contributed by atoms with E-state index in [1.807, 2.05) is 0 Å². The number of hydrogen-bond donors (Lipinski definition) is 10. The van der Waals surface area contributed by atoms with Gasteiger partial charge in [0.25, 0.3) is 0 Å². The first kappa shape index (κ1) is 42.8. The lowest BCUT2D eigenvalue weighted by molar-refractivity contribution is -0.137. The van der Waals surface area contributed by atoms with E-state index in [9.17, 15) is 53.0 Å². The molecule has 0 aliphatic carbocycles. The number of phosphoric ester groups is 1. The van der Waals surface area contributed by atoms with Crippen LogP contribution in [0.15, 0.2) is 30.3 Å². The number of benzene rings is 1. The lowest BCUT2D eigenvalue weighted by Gasteiger charge is -2.27. The minimum Gasteiger partial charge on any atom is -0.481 e. The molecular formula is C29H45N6O13P. The quantitative estimate of drug-likeness (QED) is 0.0429. The van der Waals surface area contributed by atoms with Crippen LogP contribution < -0.4 is 32.3 Å². The van der Waals surface area contributed by atoms with Crippen molar-refractivity contribution in [3.8, 4) is 0 Å². The van der Waals surface area contributed by atoms with Crippen LogP contribution >= 0.6 is 7.82 Å². The highest BCUT2D eigenvalue weighted by molar-refractivity contribution is 7.46. The normalized spacial score (nSPS) is 15.0. The molecule has 0 bridgehead atoms. The first-order valence-corrected chi connectivity index (χ1v) is 16.7. The molecule has 0 radical (unpaired) electrons. The van der Waals surface area contributed by atoms with Crippen molar-refractivity contribution in [3.63, 3.8) is 0 Å². The number of carbonyl (C=O) groups excluding carboxylic acids is 6. The molecule has 0 spiro atoms. The van der Waals surface area contributed by atoms with Gasteiger partial charge in [0.2, 0.25) is 29.5 Å². The molecule has 0 heterocycles. The maximum atomic E-state index is 13.5. The van der Waals surface area contributed by atoms with Crippen molar-refractivity contribution in [2.24, 2.45) is 11.7 Å². The van der Waals surface area contributed by atoms with Gasteiger partial charge in [-0.05, 0) is 31.2 Å². The number of carboxylic acids is 1. The molecule has 0 unspecified atom stereocenters. The molecule has 11 N–H and O–H groups in total. The zero-order valence-corrected chi connectivity index (χ0v) is 28.1. The number of phosphoric acid groups is 1. The Morgan fingerprint density at radius 2 is 1.33 bits per heavy atom. The van der Waals surface area contributed by atoms with Crippen molar-refractivity contribution in [1.82, 2.24) is 26.6 Å². The van der Waals surface area contributed by atoms with Crippen molar-refractivity contribution in [2.75, 3.05) is 13.2 Å². The third-order valence-electron chi connectivity index (χ3n) is 6.69. The highest BCUT2D eigenvalue weighted by Gasteiger charge is 2.33. The summed E-state index contributed by atoms with van der Waals surface area (Å²) in [6.45, 7) is 2.79. The molecule has 19 nitrogen and oxygen atoms in total. The summed E-state index contributed by atoms with van der Waals surface area (Å²) in [7, 11) is -5.20. The number of hydrogen-bond acceptors (Lipinski definition) is 11. The Morgan fingerprint density at radius 1 is 0.816 bits per heavy atom. The average Bonchev–Trinajstić information content (AvgIpc) is 3.02.